The summed E-state index contributed by atoms with van der Waals surface area (Å²) in [6.07, 6.45) is 3.92. The minimum absolute atomic E-state index is 0.115. The van der Waals surface area contributed by atoms with Crippen molar-refractivity contribution in [2.24, 2.45) is 0 Å². The Kier molecular flexibility index (Phi) is 7.59. The molecule has 2 N–H and O–H groups in total. The van der Waals surface area contributed by atoms with E-state index >= 15 is 0 Å². The van der Waals surface area contributed by atoms with Gasteiger partial charge >= 0.3 is 0 Å². The van der Waals surface area contributed by atoms with E-state index < -0.39 is 0 Å². The van der Waals surface area contributed by atoms with Gasteiger partial charge in [0.25, 0.3) is 11.5 Å². The number of nitrogens with zero attached hydrogens (tertiary/aromatic N) is 3. The molecule has 1 amide bonds. The molecule has 0 atom stereocenters. The van der Waals surface area contributed by atoms with Crippen molar-refractivity contribution in [3.05, 3.63) is 44.7 Å². The van der Waals surface area contributed by atoms with Gasteiger partial charge in [-0.25, -0.2) is 4.98 Å². The molecule has 0 bridgehead atoms. The molecule has 2 aromatic rings. The van der Waals surface area contributed by atoms with Crippen LogP contribution in [-0.4, -0.2) is 62.5 Å². The van der Waals surface area contributed by atoms with Gasteiger partial charge < -0.3 is 15.2 Å². The predicted molar refractivity (Wildman–Crippen MR) is 123 cm³/mol. The third-order valence-corrected chi connectivity index (χ3v) is 5.81. The first-order valence-electron chi connectivity index (χ1n) is 9.67. The number of hydrogen-bond donors (Lipinski definition) is 2. The summed E-state index contributed by atoms with van der Waals surface area (Å²) in [5.41, 5.74) is 1.34. The standard InChI is InChI=1S/C20H24N4O4S2/c1-3-28-10-4-8-23-19(27)15(30-20(23)29)11-14-17(21-7-9-25)22-16-6-5-13(2)12-24(16)18(14)26/h5-6,11-12,21,25H,3-4,7-10H2,1-2H3. The number of carbonyl (C=O) groups excluding carboxylic acids is 1. The summed E-state index contributed by atoms with van der Waals surface area (Å²) in [5, 5.41) is 12.1. The fourth-order valence-corrected chi connectivity index (χ4v) is 4.28. The molecule has 1 fully saturated rings. The Morgan fingerprint density at radius 1 is 1.37 bits per heavy atom. The summed E-state index contributed by atoms with van der Waals surface area (Å²) in [4.78, 5) is 32.4. The number of aryl methyl sites for hydroxylation is 1. The lowest BCUT2D eigenvalue weighted by molar-refractivity contribution is -0.122. The highest BCUT2D eigenvalue weighted by molar-refractivity contribution is 8.26. The lowest BCUT2D eigenvalue weighted by atomic mass is 10.2. The molecular formula is C20H24N4O4S2. The Hall–Kier alpha value is -2.27. The first kappa shape index (κ1) is 22.4. The Balaban J connectivity index is 1.97. The van der Waals surface area contributed by atoms with Crippen LogP contribution in [0.3, 0.4) is 0 Å². The van der Waals surface area contributed by atoms with Gasteiger partial charge in [0.2, 0.25) is 0 Å². The van der Waals surface area contributed by atoms with Crippen molar-refractivity contribution < 1.29 is 14.6 Å². The van der Waals surface area contributed by atoms with E-state index in [1.165, 1.54) is 27.1 Å². The van der Waals surface area contributed by atoms with E-state index in [1.807, 2.05) is 19.9 Å². The number of aliphatic hydroxyl groups excluding tert-OH is 1. The molecule has 1 aliphatic heterocycles. The zero-order chi connectivity index (χ0) is 21.7. The number of thiocarbonyl (C=S) groups is 1. The molecule has 0 radical (unpaired) electrons. The number of rotatable bonds is 9. The van der Waals surface area contributed by atoms with Gasteiger partial charge in [-0.3, -0.25) is 18.9 Å². The molecule has 0 saturated carbocycles. The minimum Gasteiger partial charge on any atom is -0.395 e. The molecule has 1 saturated heterocycles. The molecule has 3 rings (SSSR count). The molecule has 0 unspecified atom stereocenters. The predicted octanol–water partition coefficient (Wildman–Crippen LogP) is 2.03. The van der Waals surface area contributed by atoms with E-state index in [4.69, 9.17) is 17.0 Å². The van der Waals surface area contributed by atoms with Gasteiger partial charge in [0.15, 0.2) is 0 Å². The van der Waals surface area contributed by atoms with Crippen molar-refractivity contribution in [1.82, 2.24) is 14.3 Å². The van der Waals surface area contributed by atoms with Gasteiger partial charge in [-0.05, 0) is 38.0 Å². The van der Waals surface area contributed by atoms with Crippen LogP contribution in [0.15, 0.2) is 28.0 Å². The van der Waals surface area contributed by atoms with Crippen LogP contribution in [0.25, 0.3) is 11.7 Å². The van der Waals surface area contributed by atoms with E-state index in [0.29, 0.717) is 46.9 Å². The third kappa shape index (κ3) is 4.89. The maximum absolute atomic E-state index is 13.2. The first-order chi connectivity index (χ1) is 14.5. The number of pyridine rings is 1. The second-order valence-electron chi connectivity index (χ2n) is 6.65. The van der Waals surface area contributed by atoms with Crippen molar-refractivity contribution in [1.29, 1.82) is 0 Å². The highest BCUT2D eigenvalue weighted by Crippen LogP contribution is 2.33. The number of anilines is 1. The molecule has 2 aromatic heterocycles. The maximum atomic E-state index is 13.2. The van der Waals surface area contributed by atoms with Crippen molar-refractivity contribution in [2.45, 2.75) is 20.3 Å². The highest BCUT2D eigenvalue weighted by atomic mass is 32.2. The molecule has 0 spiro atoms. The van der Waals surface area contributed by atoms with Gasteiger partial charge in [0.05, 0.1) is 17.1 Å². The third-order valence-electron chi connectivity index (χ3n) is 4.43. The smallest absolute Gasteiger partial charge is 0.267 e. The lowest BCUT2D eigenvalue weighted by Crippen LogP contribution is -2.29. The van der Waals surface area contributed by atoms with Gasteiger partial charge in [-0.2, -0.15) is 0 Å². The summed E-state index contributed by atoms with van der Waals surface area (Å²) >= 11 is 6.52. The molecule has 160 valence electrons. The number of hydrogen-bond acceptors (Lipinski definition) is 8. The van der Waals surface area contributed by atoms with Crippen LogP contribution in [0.5, 0.6) is 0 Å². The van der Waals surface area contributed by atoms with Gasteiger partial charge in [-0.15, -0.1) is 0 Å². The number of nitrogens with one attached hydrogen (secondary N) is 1. The van der Waals surface area contributed by atoms with E-state index in [-0.39, 0.29) is 30.2 Å². The fraction of sp³-hybridized carbons (Fsp3) is 0.400. The number of fused-ring (bicyclic) bond motifs is 1. The van der Waals surface area contributed by atoms with Crippen molar-refractivity contribution >= 4 is 51.7 Å². The molecule has 3 heterocycles. The number of thioether (sulfide) groups is 1. The van der Waals surface area contributed by atoms with E-state index in [2.05, 4.69) is 10.3 Å². The topological polar surface area (TPSA) is 96.2 Å². The van der Waals surface area contributed by atoms with Gasteiger partial charge in [-0.1, -0.05) is 30.0 Å². The highest BCUT2D eigenvalue weighted by Gasteiger charge is 2.32. The Morgan fingerprint density at radius 2 is 2.17 bits per heavy atom. The number of ether oxygens (including phenoxy) is 1. The minimum atomic E-state index is -0.300. The summed E-state index contributed by atoms with van der Waals surface area (Å²) < 4.78 is 7.23. The first-order valence-corrected chi connectivity index (χ1v) is 10.9. The van der Waals surface area contributed by atoms with Crippen LogP contribution < -0.4 is 10.9 Å². The summed E-state index contributed by atoms with van der Waals surface area (Å²) in [6.45, 7) is 5.56. The van der Waals surface area contributed by atoms with Gasteiger partial charge in [0, 0.05) is 32.5 Å². The Morgan fingerprint density at radius 3 is 2.90 bits per heavy atom. The summed E-state index contributed by atoms with van der Waals surface area (Å²) in [5.74, 6) is 0.0860. The van der Waals surface area contributed by atoms with Crippen LogP contribution in [0.1, 0.15) is 24.5 Å². The van der Waals surface area contributed by atoms with Crippen molar-refractivity contribution in [2.75, 3.05) is 38.2 Å². The van der Waals surface area contributed by atoms with Crippen LogP contribution in [0.4, 0.5) is 5.82 Å². The average molecular weight is 449 g/mol. The Labute approximate surface area is 183 Å². The number of carbonyl (C=O) groups is 1. The van der Waals surface area contributed by atoms with Crippen LogP contribution in [-0.2, 0) is 9.53 Å². The van der Waals surface area contributed by atoms with Gasteiger partial charge in [0.1, 0.15) is 15.8 Å². The fourth-order valence-electron chi connectivity index (χ4n) is 2.99. The molecule has 0 aliphatic carbocycles. The number of aromatic nitrogens is 2. The number of amides is 1. The average Bonchev–Trinajstić information content (AvgIpc) is 2.99. The molecule has 8 nitrogen and oxygen atoms in total. The second-order valence-corrected chi connectivity index (χ2v) is 8.32. The van der Waals surface area contributed by atoms with Crippen LogP contribution >= 0.6 is 24.0 Å². The van der Waals surface area contributed by atoms with Crippen molar-refractivity contribution in [3.63, 3.8) is 0 Å². The van der Waals surface area contributed by atoms with E-state index in [9.17, 15) is 14.7 Å². The Bertz CT molecular complexity index is 1050. The maximum Gasteiger partial charge on any atom is 0.267 e. The lowest BCUT2D eigenvalue weighted by Gasteiger charge is -2.14. The molecule has 10 heteroatoms. The second kappa shape index (κ2) is 10.2. The summed E-state index contributed by atoms with van der Waals surface area (Å²) in [6, 6.07) is 3.62. The molecule has 1 aliphatic rings. The normalized spacial score (nSPS) is 15.6. The zero-order valence-corrected chi connectivity index (χ0v) is 18.5. The largest absolute Gasteiger partial charge is 0.395 e. The van der Waals surface area contributed by atoms with E-state index in [0.717, 1.165) is 5.56 Å². The molecule has 30 heavy (non-hydrogen) atoms. The quantitative estimate of drug-likeness (QED) is 0.342. The van der Waals surface area contributed by atoms with Crippen LogP contribution in [0.2, 0.25) is 0 Å². The van der Waals surface area contributed by atoms with Crippen LogP contribution in [0, 0.1) is 6.92 Å². The molecule has 0 aromatic carbocycles. The zero-order valence-electron chi connectivity index (χ0n) is 16.9. The molecular weight excluding hydrogens is 424 g/mol. The van der Waals surface area contributed by atoms with Crippen molar-refractivity contribution in [3.8, 4) is 0 Å². The number of aliphatic hydroxyl groups is 1. The monoisotopic (exact) mass is 448 g/mol. The van der Waals surface area contributed by atoms with E-state index in [1.54, 1.807) is 12.3 Å². The summed E-state index contributed by atoms with van der Waals surface area (Å²) in [7, 11) is 0. The SMILES string of the molecule is CCOCCCN1C(=O)C(=Cc2c(NCCO)nc3ccc(C)cn3c2=O)SC1=S.